The first-order valence-electron chi connectivity index (χ1n) is 4.86. The van der Waals surface area contributed by atoms with E-state index in [9.17, 15) is 13.6 Å². The average molecular weight is 237 g/mol. The highest BCUT2D eigenvalue weighted by molar-refractivity contribution is 6.04. The molecule has 0 aliphatic rings. The van der Waals surface area contributed by atoms with Crippen molar-refractivity contribution in [2.24, 2.45) is 0 Å². The number of hydrogen-bond donors (Lipinski definition) is 2. The Bertz CT molecular complexity index is 510. The van der Waals surface area contributed by atoms with E-state index >= 15 is 0 Å². The largest absolute Gasteiger partial charge is 0.322 e. The van der Waals surface area contributed by atoms with Gasteiger partial charge in [-0.1, -0.05) is 18.2 Å². The number of halogens is 2. The van der Waals surface area contributed by atoms with Gasteiger partial charge in [-0.3, -0.25) is 9.89 Å². The number of nitrogens with one attached hydrogen (secondary N) is 2. The molecule has 0 aliphatic heterocycles. The van der Waals surface area contributed by atoms with Gasteiger partial charge in [-0.2, -0.15) is 5.10 Å². The van der Waals surface area contributed by atoms with Crippen molar-refractivity contribution in [1.82, 2.24) is 10.2 Å². The number of H-pyrrole nitrogens is 1. The molecule has 88 valence electrons. The Labute approximate surface area is 95.7 Å². The molecule has 0 bridgehead atoms. The molecule has 0 saturated carbocycles. The Morgan fingerprint density at radius 1 is 1.29 bits per heavy atom. The summed E-state index contributed by atoms with van der Waals surface area (Å²) in [6, 6.07) is 8.59. The summed E-state index contributed by atoms with van der Waals surface area (Å²) in [6.45, 7) is 0. The van der Waals surface area contributed by atoms with Gasteiger partial charge in [0.05, 0.1) is 5.56 Å². The molecule has 2 rings (SSSR count). The summed E-state index contributed by atoms with van der Waals surface area (Å²) in [6.07, 6.45) is -1.63. The van der Waals surface area contributed by atoms with Crippen molar-refractivity contribution < 1.29 is 13.6 Å². The maximum Gasteiger partial charge on any atom is 0.282 e. The Kier molecular flexibility index (Phi) is 3.13. The standard InChI is InChI=1S/C11H9F2N3O/c12-10(13)9-8(6-14-16-9)11(17)15-7-4-2-1-3-5-7/h1-6,10H,(H,14,16)(H,15,17). The third-order valence-corrected chi connectivity index (χ3v) is 2.15. The van der Waals surface area contributed by atoms with Crippen LogP contribution in [0.1, 0.15) is 22.5 Å². The van der Waals surface area contributed by atoms with Gasteiger partial charge in [0.25, 0.3) is 12.3 Å². The van der Waals surface area contributed by atoms with Crippen molar-refractivity contribution in [3.63, 3.8) is 0 Å². The van der Waals surface area contributed by atoms with Gasteiger partial charge in [-0.15, -0.1) is 0 Å². The van der Waals surface area contributed by atoms with E-state index in [0.717, 1.165) is 6.20 Å². The molecule has 0 spiro atoms. The number of alkyl halides is 2. The van der Waals surface area contributed by atoms with Crippen LogP contribution in [-0.4, -0.2) is 16.1 Å². The van der Waals surface area contributed by atoms with Crippen LogP contribution >= 0.6 is 0 Å². The predicted molar refractivity (Wildman–Crippen MR) is 57.9 cm³/mol. The van der Waals surface area contributed by atoms with Gasteiger partial charge in [0.15, 0.2) is 0 Å². The van der Waals surface area contributed by atoms with Crippen molar-refractivity contribution in [2.75, 3.05) is 5.32 Å². The molecule has 1 amide bonds. The second-order valence-electron chi connectivity index (χ2n) is 3.31. The number of hydrogen-bond acceptors (Lipinski definition) is 2. The van der Waals surface area contributed by atoms with Crippen LogP contribution in [0.2, 0.25) is 0 Å². The van der Waals surface area contributed by atoms with E-state index in [1.807, 2.05) is 0 Å². The highest BCUT2D eigenvalue weighted by atomic mass is 19.3. The minimum absolute atomic E-state index is 0.149. The Morgan fingerprint density at radius 3 is 2.65 bits per heavy atom. The second kappa shape index (κ2) is 4.73. The summed E-state index contributed by atoms with van der Waals surface area (Å²) in [7, 11) is 0. The summed E-state index contributed by atoms with van der Waals surface area (Å²) >= 11 is 0. The Morgan fingerprint density at radius 2 is 2.00 bits per heavy atom. The van der Waals surface area contributed by atoms with Crippen LogP contribution in [0.15, 0.2) is 36.5 Å². The molecule has 0 saturated heterocycles. The van der Waals surface area contributed by atoms with Crippen molar-refractivity contribution >= 4 is 11.6 Å². The lowest BCUT2D eigenvalue weighted by Gasteiger charge is -2.04. The molecule has 0 unspecified atom stereocenters. The maximum atomic E-state index is 12.5. The number of carbonyl (C=O) groups is 1. The van der Waals surface area contributed by atoms with E-state index in [0.29, 0.717) is 5.69 Å². The molecule has 2 aromatic rings. The lowest BCUT2D eigenvalue weighted by atomic mass is 10.2. The van der Waals surface area contributed by atoms with E-state index in [4.69, 9.17) is 0 Å². The molecule has 2 N–H and O–H groups in total. The fourth-order valence-electron chi connectivity index (χ4n) is 1.37. The van der Waals surface area contributed by atoms with E-state index in [1.54, 1.807) is 30.3 Å². The quantitative estimate of drug-likeness (QED) is 0.862. The van der Waals surface area contributed by atoms with Crippen LogP contribution in [0.3, 0.4) is 0 Å². The lowest BCUT2D eigenvalue weighted by Crippen LogP contribution is -2.13. The normalized spacial score (nSPS) is 10.5. The number of para-hydroxylation sites is 1. The van der Waals surface area contributed by atoms with Crippen LogP contribution in [0.5, 0.6) is 0 Å². The van der Waals surface area contributed by atoms with Gasteiger partial charge in [0.2, 0.25) is 0 Å². The van der Waals surface area contributed by atoms with Crippen LogP contribution in [-0.2, 0) is 0 Å². The minimum Gasteiger partial charge on any atom is -0.322 e. The van der Waals surface area contributed by atoms with Gasteiger partial charge < -0.3 is 5.32 Å². The predicted octanol–water partition coefficient (Wildman–Crippen LogP) is 2.60. The number of rotatable bonds is 3. The maximum absolute atomic E-state index is 12.5. The zero-order valence-corrected chi connectivity index (χ0v) is 8.65. The SMILES string of the molecule is O=C(Nc1ccccc1)c1c[nH]nc1C(F)F. The van der Waals surface area contributed by atoms with Gasteiger partial charge in [0.1, 0.15) is 5.69 Å². The molecule has 6 heteroatoms. The number of benzene rings is 1. The molecule has 0 fully saturated rings. The van der Waals surface area contributed by atoms with E-state index < -0.39 is 18.0 Å². The molecule has 17 heavy (non-hydrogen) atoms. The zero-order valence-electron chi connectivity index (χ0n) is 8.65. The number of nitrogens with zero attached hydrogens (tertiary/aromatic N) is 1. The lowest BCUT2D eigenvalue weighted by molar-refractivity contribution is 0.101. The zero-order chi connectivity index (χ0) is 12.3. The van der Waals surface area contributed by atoms with E-state index in [-0.39, 0.29) is 5.56 Å². The first-order chi connectivity index (χ1) is 8.18. The summed E-state index contributed by atoms with van der Waals surface area (Å²) in [5.41, 5.74) is -0.152. The van der Waals surface area contributed by atoms with E-state index in [1.165, 1.54) is 0 Å². The Hall–Kier alpha value is -2.24. The molecule has 0 atom stereocenters. The summed E-state index contributed by atoms with van der Waals surface area (Å²) in [4.78, 5) is 11.7. The van der Waals surface area contributed by atoms with Crippen LogP contribution in [0, 0.1) is 0 Å². The van der Waals surface area contributed by atoms with Crippen LogP contribution < -0.4 is 5.32 Å². The third kappa shape index (κ3) is 2.47. The molecule has 1 aromatic carbocycles. The molecule has 1 aromatic heterocycles. The molecule has 0 radical (unpaired) electrons. The van der Waals surface area contributed by atoms with Gasteiger partial charge in [-0.05, 0) is 12.1 Å². The second-order valence-corrected chi connectivity index (χ2v) is 3.31. The number of amides is 1. The highest BCUT2D eigenvalue weighted by Gasteiger charge is 2.21. The topological polar surface area (TPSA) is 57.8 Å². The van der Waals surface area contributed by atoms with Crippen molar-refractivity contribution in [1.29, 1.82) is 0 Å². The summed E-state index contributed by atoms with van der Waals surface area (Å²) < 4.78 is 25.0. The fraction of sp³-hybridized carbons (Fsp3) is 0.0909. The highest BCUT2D eigenvalue weighted by Crippen LogP contribution is 2.20. The average Bonchev–Trinajstić information content (AvgIpc) is 2.79. The van der Waals surface area contributed by atoms with Gasteiger partial charge >= 0.3 is 0 Å². The van der Waals surface area contributed by atoms with Crippen LogP contribution in [0.25, 0.3) is 0 Å². The number of aromatic amines is 1. The fourth-order valence-corrected chi connectivity index (χ4v) is 1.37. The smallest absolute Gasteiger partial charge is 0.282 e. The number of anilines is 1. The first kappa shape index (κ1) is 11.3. The number of carbonyl (C=O) groups excluding carboxylic acids is 1. The van der Waals surface area contributed by atoms with Gasteiger partial charge in [0, 0.05) is 11.9 Å². The minimum atomic E-state index is -2.78. The molecular weight excluding hydrogens is 228 g/mol. The Balaban J connectivity index is 2.18. The van der Waals surface area contributed by atoms with Crippen molar-refractivity contribution in [2.45, 2.75) is 6.43 Å². The monoisotopic (exact) mass is 237 g/mol. The van der Waals surface area contributed by atoms with Crippen molar-refractivity contribution in [3.05, 3.63) is 47.8 Å². The third-order valence-electron chi connectivity index (χ3n) is 2.15. The summed E-state index contributed by atoms with van der Waals surface area (Å²) in [5, 5.41) is 8.11. The molecule has 4 nitrogen and oxygen atoms in total. The van der Waals surface area contributed by atoms with E-state index in [2.05, 4.69) is 15.5 Å². The van der Waals surface area contributed by atoms with Crippen LogP contribution in [0.4, 0.5) is 14.5 Å². The molecule has 1 heterocycles. The first-order valence-corrected chi connectivity index (χ1v) is 4.86. The molecular formula is C11H9F2N3O. The number of aromatic nitrogens is 2. The summed E-state index contributed by atoms with van der Waals surface area (Å²) in [5.74, 6) is -0.611. The van der Waals surface area contributed by atoms with Gasteiger partial charge in [-0.25, -0.2) is 8.78 Å². The van der Waals surface area contributed by atoms with Crippen molar-refractivity contribution in [3.8, 4) is 0 Å². The molecule has 0 aliphatic carbocycles.